The molecule has 0 aromatic heterocycles. The second-order valence-electron chi connectivity index (χ2n) is 5.90. The molecule has 0 aromatic carbocycles. The van der Waals surface area contributed by atoms with Crippen LogP contribution in [0.2, 0.25) is 0 Å². The highest BCUT2D eigenvalue weighted by Crippen LogP contribution is 2.19. The molecule has 0 fully saturated rings. The van der Waals surface area contributed by atoms with E-state index in [4.69, 9.17) is 10.8 Å². The molecular weight excluding hydrogens is 322 g/mol. The number of rotatable bonds is 10. The van der Waals surface area contributed by atoms with E-state index in [1.807, 2.05) is 0 Å². The fourth-order valence-electron chi connectivity index (χ4n) is 1.40. The molecule has 0 aliphatic rings. The van der Waals surface area contributed by atoms with Gasteiger partial charge in [-0.25, -0.2) is 0 Å². The lowest BCUT2D eigenvalue weighted by molar-refractivity contribution is -0.137. The van der Waals surface area contributed by atoms with Gasteiger partial charge in [-0.3, -0.25) is 14.4 Å². The molecule has 0 saturated carbocycles. The van der Waals surface area contributed by atoms with E-state index in [-0.39, 0.29) is 30.6 Å². The highest BCUT2D eigenvalue weighted by molar-refractivity contribution is 8.13. The molecule has 9 heteroatoms. The molecule has 0 saturated heterocycles. The molecule has 2 atom stereocenters. The van der Waals surface area contributed by atoms with Gasteiger partial charge in [0.15, 0.2) is 0 Å². The van der Waals surface area contributed by atoms with Gasteiger partial charge in [-0.1, -0.05) is 25.6 Å². The van der Waals surface area contributed by atoms with Crippen molar-refractivity contribution in [1.29, 1.82) is 0 Å². The van der Waals surface area contributed by atoms with Gasteiger partial charge in [-0.2, -0.15) is 0 Å². The van der Waals surface area contributed by atoms with Gasteiger partial charge >= 0.3 is 0 Å². The van der Waals surface area contributed by atoms with Crippen molar-refractivity contribution in [3.05, 3.63) is 0 Å². The first-order chi connectivity index (χ1) is 10.6. The number of nitrogens with two attached hydrogens (primary N) is 1. The molecule has 0 aromatic rings. The van der Waals surface area contributed by atoms with Gasteiger partial charge in [-0.05, 0) is 6.92 Å². The zero-order chi connectivity index (χ0) is 18.0. The van der Waals surface area contributed by atoms with Gasteiger partial charge < -0.3 is 26.6 Å². The van der Waals surface area contributed by atoms with Crippen molar-refractivity contribution in [1.82, 2.24) is 10.6 Å². The van der Waals surface area contributed by atoms with Gasteiger partial charge in [0.1, 0.15) is 6.10 Å². The van der Waals surface area contributed by atoms with Crippen LogP contribution in [-0.2, 0) is 14.4 Å². The van der Waals surface area contributed by atoms with Crippen LogP contribution in [0.3, 0.4) is 0 Å². The molecule has 8 nitrogen and oxygen atoms in total. The maximum atomic E-state index is 11.7. The summed E-state index contributed by atoms with van der Waals surface area (Å²) in [7, 11) is 0. The van der Waals surface area contributed by atoms with E-state index in [1.54, 1.807) is 20.8 Å². The molecule has 0 spiro atoms. The smallest absolute Gasteiger partial charge is 0.249 e. The van der Waals surface area contributed by atoms with Crippen molar-refractivity contribution in [2.45, 2.75) is 39.3 Å². The van der Waals surface area contributed by atoms with Crippen molar-refractivity contribution >= 4 is 28.7 Å². The minimum absolute atomic E-state index is 0.0594. The lowest BCUT2D eigenvalue weighted by Gasteiger charge is -2.27. The van der Waals surface area contributed by atoms with Gasteiger partial charge in [0, 0.05) is 30.7 Å². The molecule has 134 valence electrons. The Morgan fingerprint density at radius 2 is 1.83 bits per heavy atom. The molecule has 0 rings (SSSR count). The van der Waals surface area contributed by atoms with Gasteiger partial charge in [0.25, 0.3) is 0 Å². The second kappa shape index (κ2) is 10.6. The van der Waals surface area contributed by atoms with Crippen molar-refractivity contribution in [3.63, 3.8) is 0 Å². The van der Waals surface area contributed by atoms with E-state index in [1.165, 1.54) is 0 Å². The normalized spacial score (nSPS) is 14.0. The Balaban J connectivity index is 3.87. The lowest BCUT2D eigenvalue weighted by atomic mass is 9.87. The minimum Gasteiger partial charge on any atom is -0.396 e. The number of aliphatic hydroxyl groups is 2. The maximum absolute atomic E-state index is 11.7. The van der Waals surface area contributed by atoms with Gasteiger partial charge in [0.2, 0.25) is 16.9 Å². The topological polar surface area (TPSA) is 142 Å². The minimum atomic E-state index is -1.35. The highest BCUT2D eigenvalue weighted by Gasteiger charge is 2.32. The first kappa shape index (κ1) is 21.8. The number of carbonyl (C=O) groups excluding carboxylic acids is 3. The van der Waals surface area contributed by atoms with Crippen molar-refractivity contribution in [2.24, 2.45) is 11.1 Å². The number of carbonyl (C=O) groups is 3. The zero-order valence-electron chi connectivity index (χ0n) is 13.8. The Labute approximate surface area is 140 Å². The summed E-state index contributed by atoms with van der Waals surface area (Å²) in [5.74, 6) is -0.466. The number of aliphatic hydroxyl groups excluding tert-OH is 2. The first-order valence-electron chi connectivity index (χ1n) is 7.37. The largest absolute Gasteiger partial charge is 0.396 e. The van der Waals surface area contributed by atoms with Crippen LogP contribution in [0.15, 0.2) is 0 Å². The Morgan fingerprint density at radius 3 is 2.35 bits per heavy atom. The van der Waals surface area contributed by atoms with E-state index in [9.17, 15) is 19.5 Å². The molecule has 0 heterocycles. The quantitative estimate of drug-likeness (QED) is 0.305. The average Bonchev–Trinajstić information content (AvgIpc) is 2.50. The predicted octanol–water partition coefficient (Wildman–Crippen LogP) is -1.40. The molecule has 0 bridgehead atoms. The SMILES string of the molecule is C[C@H](N)C(=O)SCCNC(=O)CCNC(=O)[C@H](O)C(C)(C)CO. The predicted molar refractivity (Wildman–Crippen MR) is 88.6 cm³/mol. The summed E-state index contributed by atoms with van der Waals surface area (Å²) in [4.78, 5) is 34.5. The van der Waals surface area contributed by atoms with E-state index >= 15 is 0 Å². The van der Waals surface area contributed by atoms with Crippen LogP contribution in [0.25, 0.3) is 0 Å². The number of amides is 2. The molecule has 0 aliphatic carbocycles. The number of thioether (sulfide) groups is 1. The van der Waals surface area contributed by atoms with Crippen LogP contribution in [0.5, 0.6) is 0 Å². The average molecular weight is 349 g/mol. The molecule has 0 aliphatic heterocycles. The van der Waals surface area contributed by atoms with Gasteiger partial charge in [0.05, 0.1) is 12.6 Å². The Hall–Kier alpha value is -1.16. The highest BCUT2D eigenvalue weighted by atomic mass is 32.2. The van der Waals surface area contributed by atoms with Crippen molar-refractivity contribution < 1.29 is 24.6 Å². The van der Waals surface area contributed by atoms with Crippen LogP contribution < -0.4 is 16.4 Å². The van der Waals surface area contributed by atoms with Crippen LogP contribution in [0.4, 0.5) is 0 Å². The maximum Gasteiger partial charge on any atom is 0.249 e. The van der Waals surface area contributed by atoms with Gasteiger partial charge in [-0.15, -0.1) is 0 Å². The summed E-state index contributed by atoms with van der Waals surface area (Å²) in [6, 6.07) is -0.527. The number of hydrogen-bond donors (Lipinski definition) is 5. The third kappa shape index (κ3) is 8.89. The summed E-state index contributed by atoms with van der Waals surface area (Å²) in [6.45, 7) is 4.80. The van der Waals surface area contributed by atoms with Crippen LogP contribution in [0, 0.1) is 5.41 Å². The summed E-state index contributed by atoms with van der Waals surface area (Å²) in [5, 5.41) is 23.8. The monoisotopic (exact) mass is 349 g/mol. The summed E-state index contributed by atoms with van der Waals surface area (Å²) in [5.41, 5.74) is 4.45. The lowest BCUT2D eigenvalue weighted by Crippen LogP contribution is -2.46. The standard InChI is InChI=1S/C14H27N3O5S/c1-9(15)13(22)23-7-6-16-10(19)4-5-17-12(21)11(20)14(2,3)8-18/h9,11,18,20H,4-8,15H2,1-3H3,(H,16,19)(H,17,21)/t9-,11-/m0/s1. The van der Waals surface area contributed by atoms with Crippen LogP contribution >= 0.6 is 11.8 Å². The van der Waals surface area contributed by atoms with Crippen molar-refractivity contribution in [2.75, 3.05) is 25.4 Å². The van der Waals surface area contributed by atoms with Crippen LogP contribution in [-0.4, -0.2) is 64.7 Å². The summed E-state index contributed by atoms with van der Waals surface area (Å²) >= 11 is 1.06. The van der Waals surface area contributed by atoms with Crippen molar-refractivity contribution in [3.8, 4) is 0 Å². The third-order valence-corrected chi connectivity index (χ3v) is 4.15. The third-order valence-electron chi connectivity index (χ3n) is 3.09. The molecule has 0 radical (unpaired) electrons. The zero-order valence-corrected chi connectivity index (χ0v) is 14.6. The fourth-order valence-corrected chi connectivity index (χ4v) is 2.07. The molecular formula is C14H27N3O5S. The molecule has 2 amide bonds. The Kier molecular flexibility index (Phi) is 10.1. The number of hydrogen-bond acceptors (Lipinski definition) is 7. The van der Waals surface area contributed by atoms with E-state index in [0.29, 0.717) is 12.3 Å². The van der Waals surface area contributed by atoms with E-state index in [2.05, 4.69) is 10.6 Å². The molecule has 23 heavy (non-hydrogen) atoms. The summed E-state index contributed by atoms with van der Waals surface area (Å²) < 4.78 is 0. The first-order valence-corrected chi connectivity index (χ1v) is 8.36. The summed E-state index contributed by atoms with van der Waals surface area (Å²) in [6.07, 6.45) is -1.29. The molecule has 0 unspecified atom stereocenters. The van der Waals surface area contributed by atoms with E-state index in [0.717, 1.165) is 11.8 Å². The Bertz CT molecular complexity index is 415. The fraction of sp³-hybridized carbons (Fsp3) is 0.786. The second-order valence-corrected chi connectivity index (χ2v) is 7.00. The number of nitrogens with one attached hydrogen (secondary N) is 2. The van der Waals surface area contributed by atoms with E-state index < -0.39 is 23.5 Å². The molecule has 6 N–H and O–H groups in total. The Morgan fingerprint density at radius 1 is 1.22 bits per heavy atom. The van der Waals surface area contributed by atoms with Crippen LogP contribution in [0.1, 0.15) is 27.2 Å².